The van der Waals surface area contributed by atoms with Crippen molar-refractivity contribution in [2.45, 2.75) is 12.1 Å². The summed E-state index contributed by atoms with van der Waals surface area (Å²) in [5.74, 6) is 0.144. The molecule has 3 aromatic carbocycles. The monoisotopic (exact) mass is 587 g/mol. The number of urea groups is 1. The van der Waals surface area contributed by atoms with Crippen molar-refractivity contribution >= 4 is 50.6 Å². The first kappa shape index (κ1) is 29.1. The molecule has 2 amide bonds. The Bertz CT molecular complexity index is 1620. The number of primary sulfonamides is 1. The van der Waals surface area contributed by atoms with Crippen LogP contribution in [0, 0.1) is 0 Å². The van der Waals surface area contributed by atoms with Crippen LogP contribution in [0.4, 0.5) is 52.5 Å². The fourth-order valence-electron chi connectivity index (χ4n) is 3.63. The first-order valence-electron chi connectivity index (χ1n) is 11.8. The Hall–Kier alpha value is -4.89. The quantitative estimate of drug-likeness (QED) is 0.205. The smallest absolute Gasteiger partial charge is 0.406 e. The molecule has 0 unspecified atom stereocenters. The molecule has 15 heteroatoms. The standard InChI is InChI=1S/C26H24F3N7O4S/c1-36(23-13-14-31-24(35-23)32-20-4-2-3-17(15-20)16-41(30,38)39)21-9-5-18(6-10-21)33-25(37)34-19-7-11-22(12-8-19)40-26(27,28)29/h2-15H,16H2,1H3,(H2,30,38,39)(H,31,32,35)(H2,33,34,37). The SMILES string of the molecule is CN(c1ccc(NC(=O)Nc2ccc(OC(F)(F)F)cc2)cc1)c1ccnc(Nc2cccc(CS(N)(=O)=O)c2)n1. The number of sulfonamides is 1. The van der Waals surface area contributed by atoms with Crippen molar-refractivity contribution in [1.82, 2.24) is 9.97 Å². The van der Waals surface area contributed by atoms with Gasteiger partial charge in [-0.3, -0.25) is 0 Å². The van der Waals surface area contributed by atoms with Gasteiger partial charge in [0.1, 0.15) is 11.6 Å². The second kappa shape index (κ2) is 12.1. The second-order valence-electron chi connectivity index (χ2n) is 8.63. The Morgan fingerprint density at radius 1 is 0.951 bits per heavy atom. The van der Waals surface area contributed by atoms with E-state index in [4.69, 9.17) is 5.14 Å². The molecule has 11 nitrogen and oxygen atoms in total. The van der Waals surface area contributed by atoms with Crippen LogP contribution in [0.3, 0.4) is 0 Å². The van der Waals surface area contributed by atoms with Gasteiger partial charge in [-0.1, -0.05) is 12.1 Å². The Morgan fingerprint density at radius 3 is 2.20 bits per heavy atom. The molecular weight excluding hydrogens is 563 g/mol. The molecule has 4 aromatic rings. The third-order valence-electron chi connectivity index (χ3n) is 5.39. The number of anilines is 6. The van der Waals surface area contributed by atoms with Crippen molar-refractivity contribution in [3.05, 3.63) is 90.6 Å². The number of nitrogens with one attached hydrogen (secondary N) is 3. The predicted octanol–water partition coefficient (Wildman–Crippen LogP) is 5.32. The van der Waals surface area contributed by atoms with Crippen molar-refractivity contribution in [2.24, 2.45) is 5.14 Å². The normalized spacial score (nSPS) is 11.4. The van der Waals surface area contributed by atoms with Crippen molar-refractivity contribution < 1.29 is 31.1 Å². The maximum absolute atomic E-state index is 12.3. The lowest BCUT2D eigenvalue weighted by molar-refractivity contribution is -0.274. The van der Waals surface area contributed by atoms with Crippen molar-refractivity contribution in [1.29, 1.82) is 0 Å². The van der Waals surface area contributed by atoms with Gasteiger partial charge in [0.2, 0.25) is 16.0 Å². The summed E-state index contributed by atoms with van der Waals surface area (Å²) in [5.41, 5.74) is 2.60. The molecule has 0 saturated heterocycles. The van der Waals surface area contributed by atoms with E-state index < -0.39 is 28.2 Å². The number of alkyl halides is 3. The molecule has 0 aliphatic heterocycles. The van der Waals surface area contributed by atoms with Crippen LogP contribution in [-0.2, 0) is 15.8 Å². The third-order valence-corrected chi connectivity index (χ3v) is 6.13. The zero-order chi connectivity index (χ0) is 29.6. The minimum absolute atomic E-state index is 0.276. The van der Waals surface area contributed by atoms with E-state index in [9.17, 15) is 26.4 Å². The third kappa shape index (κ3) is 9.08. The molecule has 5 N–H and O–H groups in total. The highest BCUT2D eigenvalue weighted by atomic mass is 32.2. The Morgan fingerprint density at radius 2 is 1.59 bits per heavy atom. The van der Waals surface area contributed by atoms with Crippen LogP contribution in [-0.4, -0.2) is 37.8 Å². The van der Waals surface area contributed by atoms with E-state index in [1.807, 2.05) is 0 Å². The molecule has 0 saturated carbocycles. The highest BCUT2D eigenvalue weighted by Gasteiger charge is 2.31. The molecule has 41 heavy (non-hydrogen) atoms. The summed E-state index contributed by atoms with van der Waals surface area (Å²) in [5, 5.41) is 13.3. The Balaban J connectivity index is 1.36. The predicted molar refractivity (Wildman–Crippen MR) is 149 cm³/mol. The molecule has 1 heterocycles. The fraction of sp³-hybridized carbons (Fsp3) is 0.115. The van der Waals surface area contributed by atoms with E-state index >= 15 is 0 Å². The topological polar surface area (TPSA) is 152 Å². The van der Waals surface area contributed by atoms with Crippen molar-refractivity contribution in [2.75, 3.05) is 27.9 Å². The number of hydrogen-bond donors (Lipinski definition) is 4. The van der Waals surface area contributed by atoms with Crippen LogP contribution in [0.1, 0.15) is 5.56 Å². The van der Waals surface area contributed by atoms with Gasteiger partial charge in [0.05, 0.1) is 5.75 Å². The number of nitrogens with two attached hydrogens (primary N) is 1. The van der Waals surface area contributed by atoms with Crippen molar-refractivity contribution in [3.8, 4) is 5.75 Å². The van der Waals surface area contributed by atoms with Gasteiger partial charge < -0.3 is 25.6 Å². The number of hydrogen-bond acceptors (Lipinski definition) is 8. The molecule has 0 radical (unpaired) electrons. The van der Waals surface area contributed by atoms with Crippen molar-refractivity contribution in [3.63, 3.8) is 0 Å². The maximum Gasteiger partial charge on any atom is 0.573 e. The number of aromatic nitrogens is 2. The van der Waals surface area contributed by atoms with E-state index in [2.05, 4.69) is 30.7 Å². The average Bonchev–Trinajstić information content (AvgIpc) is 2.88. The summed E-state index contributed by atoms with van der Waals surface area (Å²) >= 11 is 0. The number of benzene rings is 3. The molecule has 0 spiro atoms. The van der Waals surface area contributed by atoms with Gasteiger partial charge in [0, 0.05) is 36.0 Å². The van der Waals surface area contributed by atoms with Crippen LogP contribution in [0.25, 0.3) is 0 Å². The summed E-state index contributed by atoms with van der Waals surface area (Å²) in [6, 6.07) is 19.4. The zero-order valence-corrected chi connectivity index (χ0v) is 22.2. The Kier molecular flexibility index (Phi) is 8.59. The number of carbonyl (C=O) groups is 1. The second-order valence-corrected chi connectivity index (χ2v) is 10.2. The summed E-state index contributed by atoms with van der Waals surface area (Å²) in [6.45, 7) is 0. The number of nitrogens with zero attached hydrogens (tertiary/aromatic N) is 3. The number of amides is 2. The lowest BCUT2D eigenvalue weighted by Gasteiger charge is -2.19. The molecule has 0 aliphatic rings. The van der Waals surface area contributed by atoms with E-state index in [-0.39, 0.29) is 17.4 Å². The van der Waals surface area contributed by atoms with Gasteiger partial charge >= 0.3 is 12.4 Å². The van der Waals surface area contributed by atoms with Gasteiger partial charge in [-0.2, -0.15) is 4.98 Å². The maximum atomic E-state index is 12.3. The van der Waals surface area contributed by atoms with Gasteiger partial charge in [-0.25, -0.2) is 23.3 Å². The van der Waals surface area contributed by atoms with Gasteiger partial charge in [-0.15, -0.1) is 13.2 Å². The number of rotatable bonds is 9. The molecule has 0 fully saturated rings. The van der Waals surface area contributed by atoms with Crippen LogP contribution in [0.15, 0.2) is 85.1 Å². The fourth-order valence-corrected chi connectivity index (χ4v) is 4.27. The molecule has 4 rings (SSSR count). The lowest BCUT2D eigenvalue weighted by Crippen LogP contribution is -2.20. The zero-order valence-electron chi connectivity index (χ0n) is 21.4. The molecule has 1 aromatic heterocycles. The van der Waals surface area contributed by atoms with Crippen LogP contribution >= 0.6 is 0 Å². The minimum atomic E-state index is -4.80. The highest BCUT2D eigenvalue weighted by molar-refractivity contribution is 7.88. The van der Waals surface area contributed by atoms with Crippen LogP contribution in [0.5, 0.6) is 5.75 Å². The molecule has 0 atom stereocenters. The number of ether oxygens (including phenoxy) is 1. The minimum Gasteiger partial charge on any atom is -0.406 e. The van der Waals surface area contributed by atoms with Crippen LogP contribution < -0.4 is 30.7 Å². The summed E-state index contributed by atoms with van der Waals surface area (Å²) in [4.78, 5) is 22.8. The lowest BCUT2D eigenvalue weighted by atomic mass is 10.2. The van der Waals surface area contributed by atoms with Gasteiger partial charge in [-0.05, 0) is 72.3 Å². The van der Waals surface area contributed by atoms with Gasteiger partial charge in [0.15, 0.2) is 0 Å². The van der Waals surface area contributed by atoms with Gasteiger partial charge in [0.25, 0.3) is 0 Å². The molecule has 0 aliphatic carbocycles. The summed E-state index contributed by atoms with van der Waals surface area (Å²) < 4.78 is 63.4. The number of halogens is 3. The van der Waals surface area contributed by atoms with Crippen LogP contribution in [0.2, 0.25) is 0 Å². The molecule has 0 bridgehead atoms. The average molecular weight is 588 g/mol. The summed E-state index contributed by atoms with van der Waals surface area (Å²) in [6.07, 6.45) is -3.23. The molecule has 214 valence electrons. The van der Waals surface area contributed by atoms with E-state index in [1.54, 1.807) is 72.7 Å². The molecular formula is C26H24F3N7O4S. The van der Waals surface area contributed by atoms with E-state index in [1.165, 1.54) is 12.1 Å². The van der Waals surface area contributed by atoms with E-state index in [0.717, 1.165) is 17.8 Å². The summed E-state index contributed by atoms with van der Waals surface area (Å²) in [7, 11) is -1.88. The Labute approximate surface area is 233 Å². The number of carbonyl (C=O) groups excluding carboxylic acids is 1. The first-order valence-corrected chi connectivity index (χ1v) is 13.5. The highest BCUT2D eigenvalue weighted by Crippen LogP contribution is 2.26. The largest absolute Gasteiger partial charge is 0.573 e. The first-order chi connectivity index (χ1) is 19.3. The van der Waals surface area contributed by atoms with E-state index in [0.29, 0.717) is 22.8 Å².